The van der Waals surface area contributed by atoms with E-state index in [1.165, 1.54) is 12.8 Å². The molecule has 0 amide bonds. The van der Waals surface area contributed by atoms with Crippen LogP contribution in [0.4, 0.5) is 0 Å². The van der Waals surface area contributed by atoms with Crippen molar-refractivity contribution in [3.8, 4) is 0 Å². The van der Waals surface area contributed by atoms with Gasteiger partial charge in [0.2, 0.25) is 0 Å². The zero-order valence-corrected chi connectivity index (χ0v) is 15.0. The molecule has 6 nitrogen and oxygen atoms in total. The summed E-state index contributed by atoms with van der Waals surface area (Å²) in [5, 5.41) is 1.17. The number of benzene rings is 1. The Kier molecular flexibility index (Phi) is 5.03. The molecule has 134 valence electrons. The third kappa shape index (κ3) is 4.03. The quantitative estimate of drug-likeness (QED) is 0.899. The van der Waals surface area contributed by atoms with E-state index in [0.717, 1.165) is 39.3 Å². The summed E-state index contributed by atoms with van der Waals surface area (Å²) in [6.45, 7) is 6.62. The highest BCUT2D eigenvalue weighted by Crippen LogP contribution is 2.16. The highest BCUT2D eigenvalue weighted by Gasteiger charge is 2.23. The Morgan fingerprint density at radius 3 is 2.80 bits per heavy atom. The van der Waals surface area contributed by atoms with E-state index in [1.807, 2.05) is 0 Å². The number of hydrogen-bond acceptors (Lipinski definition) is 5. The Morgan fingerprint density at radius 1 is 1.24 bits per heavy atom. The van der Waals surface area contributed by atoms with Crippen LogP contribution in [0, 0.1) is 0 Å². The van der Waals surface area contributed by atoms with Crippen LogP contribution < -0.4 is 5.56 Å². The molecule has 2 aromatic rings. The van der Waals surface area contributed by atoms with Crippen molar-refractivity contribution in [1.29, 1.82) is 0 Å². The van der Waals surface area contributed by atoms with Gasteiger partial charge in [0, 0.05) is 44.4 Å². The maximum absolute atomic E-state index is 12.2. The molecule has 1 N–H and O–H groups in total. The zero-order valence-electron chi connectivity index (χ0n) is 14.2. The van der Waals surface area contributed by atoms with Crippen LogP contribution in [0.5, 0.6) is 0 Å². The number of fused-ring (bicyclic) bond motifs is 1. The Labute approximate surface area is 151 Å². The second-order valence-electron chi connectivity index (χ2n) is 6.89. The first-order valence-electron chi connectivity index (χ1n) is 8.92. The molecule has 7 heteroatoms. The largest absolute Gasteiger partial charge is 0.377 e. The van der Waals surface area contributed by atoms with Gasteiger partial charge in [0.15, 0.2) is 0 Å². The van der Waals surface area contributed by atoms with Gasteiger partial charge in [-0.05, 0) is 31.0 Å². The minimum absolute atomic E-state index is 0.103. The first kappa shape index (κ1) is 17.0. The van der Waals surface area contributed by atoms with Crippen LogP contribution in [0.1, 0.15) is 18.7 Å². The molecule has 3 heterocycles. The van der Waals surface area contributed by atoms with Crippen LogP contribution >= 0.6 is 11.6 Å². The Hall–Kier alpha value is -1.47. The number of ether oxygens (including phenoxy) is 1. The molecule has 0 radical (unpaired) electrons. The molecular weight excluding hydrogens is 340 g/mol. The van der Waals surface area contributed by atoms with Crippen molar-refractivity contribution in [3.05, 3.63) is 39.4 Å². The first-order chi connectivity index (χ1) is 12.2. The Morgan fingerprint density at radius 2 is 2.04 bits per heavy atom. The highest BCUT2D eigenvalue weighted by atomic mass is 35.5. The number of hydrogen-bond donors (Lipinski definition) is 1. The van der Waals surface area contributed by atoms with Crippen LogP contribution in [-0.2, 0) is 11.3 Å². The third-order valence-corrected chi connectivity index (χ3v) is 5.28. The number of halogens is 1. The van der Waals surface area contributed by atoms with E-state index in [1.54, 1.807) is 18.2 Å². The fourth-order valence-corrected chi connectivity index (χ4v) is 3.82. The van der Waals surface area contributed by atoms with Gasteiger partial charge in [-0.1, -0.05) is 11.6 Å². The summed E-state index contributed by atoms with van der Waals surface area (Å²) >= 11 is 6.02. The predicted octanol–water partition coefficient (Wildman–Crippen LogP) is 1.87. The first-order valence-corrected chi connectivity index (χ1v) is 9.30. The van der Waals surface area contributed by atoms with Gasteiger partial charge in [0.25, 0.3) is 5.56 Å². The summed E-state index contributed by atoms with van der Waals surface area (Å²) in [5.74, 6) is 0.701. The average molecular weight is 363 g/mol. The zero-order chi connectivity index (χ0) is 17.2. The van der Waals surface area contributed by atoms with Crippen LogP contribution in [0.25, 0.3) is 10.9 Å². The lowest BCUT2D eigenvalue weighted by Crippen LogP contribution is -2.48. The van der Waals surface area contributed by atoms with Crippen molar-refractivity contribution in [2.24, 2.45) is 0 Å². The summed E-state index contributed by atoms with van der Waals surface area (Å²) in [5.41, 5.74) is 0.553. The minimum Gasteiger partial charge on any atom is -0.377 e. The van der Waals surface area contributed by atoms with Gasteiger partial charge in [-0.3, -0.25) is 14.6 Å². The van der Waals surface area contributed by atoms with Crippen molar-refractivity contribution < 1.29 is 4.74 Å². The molecule has 1 aromatic heterocycles. The van der Waals surface area contributed by atoms with E-state index in [0.29, 0.717) is 34.4 Å². The minimum atomic E-state index is -0.103. The van der Waals surface area contributed by atoms with Gasteiger partial charge in [-0.15, -0.1) is 0 Å². The van der Waals surface area contributed by atoms with Crippen LogP contribution in [0.2, 0.25) is 5.02 Å². The van der Waals surface area contributed by atoms with Crippen LogP contribution in [0.15, 0.2) is 23.0 Å². The fourth-order valence-electron chi connectivity index (χ4n) is 3.65. The van der Waals surface area contributed by atoms with Crippen molar-refractivity contribution in [1.82, 2.24) is 19.8 Å². The normalized spacial score (nSPS) is 22.7. The van der Waals surface area contributed by atoms with Gasteiger partial charge in [0.05, 0.1) is 23.6 Å². The standard InChI is InChI=1S/C18H23ClN4O2/c19-13-3-4-15-16(10-13)20-17(21-18(15)24)12-23-7-5-22(6-8-23)11-14-2-1-9-25-14/h3-4,10,14H,1-2,5-9,11-12H2,(H,20,21,24). The number of piperazine rings is 1. The maximum atomic E-state index is 12.2. The summed E-state index contributed by atoms with van der Waals surface area (Å²) in [4.78, 5) is 24.5. The van der Waals surface area contributed by atoms with E-state index in [-0.39, 0.29) is 5.56 Å². The molecule has 1 aromatic carbocycles. The van der Waals surface area contributed by atoms with E-state index in [2.05, 4.69) is 19.8 Å². The second kappa shape index (κ2) is 7.41. The number of aromatic amines is 1. The van der Waals surface area contributed by atoms with Gasteiger partial charge in [-0.2, -0.15) is 0 Å². The molecule has 0 bridgehead atoms. The molecule has 25 heavy (non-hydrogen) atoms. The summed E-state index contributed by atoms with van der Waals surface area (Å²) in [6.07, 6.45) is 2.79. The molecule has 1 unspecified atom stereocenters. The predicted molar refractivity (Wildman–Crippen MR) is 98.1 cm³/mol. The molecule has 1 atom stereocenters. The van der Waals surface area contributed by atoms with Gasteiger partial charge < -0.3 is 9.72 Å². The lowest BCUT2D eigenvalue weighted by Gasteiger charge is -2.35. The molecule has 0 saturated carbocycles. The molecular formula is C18H23ClN4O2. The van der Waals surface area contributed by atoms with Crippen molar-refractivity contribution >= 4 is 22.5 Å². The van der Waals surface area contributed by atoms with Gasteiger partial charge >= 0.3 is 0 Å². The molecule has 2 fully saturated rings. The monoisotopic (exact) mass is 362 g/mol. The van der Waals surface area contributed by atoms with E-state index >= 15 is 0 Å². The summed E-state index contributed by atoms with van der Waals surface area (Å²) in [6, 6.07) is 5.18. The molecule has 0 spiro atoms. The number of nitrogens with zero attached hydrogens (tertiary/aromatic N) is 3. The highest BCUT2D eigenvalue weighted by molar-refractivity contribution is 6.31. The molecule has 2 aliphatic rings. The SMILES string of the molecule is O=c1[nH]c(CN2CCN(CC3CCCO3)CC2)nc2cc(Cl)ccc12. The third-order valence-electron chi connectivity index (χ3n) is 5.04. The Bertz CT molecular complexity index is 795. The van der Waals surface area contributed by atoms with Crippen LogP contribution in [0.3, 0.4) is 0 Å². The molecule has 0 aliphatic carbocycles. The maximum Gasteiger partial charge on any atom is 0.258 e. The van der Waals surface area contributed by atoms with Crippen molar-refractivity contribution in [2.75, 3.05) is 39.3 Å². The summed E-state index contributed by atoms with van der Waals surface area (Å²) in [7, 11) is 0. The number of rotatable bonds is 4. The van der Waals surface area contributed by atoms with Crippen molar-refractivity contribution in [3.63, 3.8) is 0 Å². The lowest BCUT2D eigenvalue weighted by molar-refractivity contribution is 0.0484. The van der Waals surface area contributed by atoms with Gasteiger partial charge in [0.1, 0.15) is 5.82 Å². The van der Waals surface area contributed by atoms with E-state index in [4.69, 9.17) is 16.3 Å². The smallest absolute Gasteiger partial charge is 0.258 e. The second-order valence-corrected chi connectivity index (χ2v) is 7.32. The van der Waals surface area contributed by atoms with Gasteiger partial charge in [-0.25, -0.2) is 4.98 Å². The molecule has 2 saturated heterocycles. The lowest BCUT2D eigenvalue weighted by atomic mass is 10.2. The topological polar surface area (TPSA) is 61.5 Å². The number of H-pyrrole nitrogens is 1. The van der Waals surface area contributed by atoms with E-state index in [9.17, 15) is 4.79 Å². The summed E-state index contributed by atoms with van der Waals surface area (Å²) < 4.78 is 5.73. The Balaban J connectivity index is 1.38. The molecule has 2 aliphatic heterocycles. The number of aromatic nitrogens is 2. The van der Waals surface area contributed by atoms with E-state index < -0.39 is 0 Å². The van der Waals surface area contributed by atoms with Crippen LogP contribution in [-0.4, -0.2) is 65.2 Å². The average Bonchev–Trinajstić information content (AvgIpc) is 3.09. The fraction of sp³-hybridized carbons (Fsp3) is 0.556. The van der Waals surface area contributed by atoms with Crippen molar-refractivity contribution in [2.45, 2.75) is 25.5 Å². The molecule has 4 rings (SSSR count). The number of nitrogens with one attached hydrogen (secondary N) is 1.